The van der Waals surface area contributed by atoms with Crippen LogP contribution in [0.3, 0.4) is 0 Å². The summed E-state index contributed by atoms with van der Waals surface area (Å²) in [4.78, 5) is 0. The molecule has 2 nitrogen and oxygen atoms in total. The van der Waals surface area contributed by atoms with E-state index >= 15 is 0 Å². The molecule has 0 unspecified atom stereocenters. The average Bonchev–Trinajstić information content (AvgIpc) is 2.45. The highest BCUT2D eigenvalue weighted by molar-refractivity contribution is 5.66. The van der Waals surface area contributed by atoms with Crippen LogP contribution >= 0.6 is 0 Å². The maximum Gasteiger partial charge on any atom is 0.0550 e. The van der Waals surface area contributed by atoms with Crippen LogP contribution < -0.4 is 11.1 Å². The normalized spacial score (nSPS) is 11.7. The lowest BCUT2D eigenvalue weighted by Crippen LogP contribution is -2.00. The monoisotopic (exact) mass is 266 g/mol. The van der Waals surface area contributed by atoms with Gasteiger partial charge in [0.05, 0.1) is 5.70 Å². The number of rotatable bonds is 4. The first kappa shape index (κ1) is 14.2. The predicted molar refractivity (Wildman–Crippen MR) is 87.5 cm³/mol. The minimum Gasteiger partial charge on any atom is -0.397 e. The van der Waals surface area contributed by atoms with Crippen molar-refractivity contribution in [3.8, 4) is 0 Å². The molecule has 0 bridgehead atoms. The van der Waals surface area contributed by atoms with Crippen molar-refractivity contribution in [3.05, 3.63) is 71.4 Å². The Morgan fingerprint density at radius 2 is 1.80 bits per heavy atom. The molecule has 0 aliphatic carbocycles. The van der Waals surface area contributed by atoms with Crippen molar-refractivity contribution in [2.45, 2.75) is 26.7 Å². The Kier molecular flexibility index (Phi) is 4.46. The largest absolute Gasteiger partial charge is 0.397 e. The maximum atomic E-state index is 6.09. The third-order valence-electron chi connectivity index (χ3n) is 3.32. The van der Waals surface area contributed by atoms with Gasteiger partial charge in [0.25, 0.3) is 0 Å². The molecule has 2 rings (SSSR count). The molecule has 0 heterocycles. The quantitative estimate of drug-likeness (QED) is 0.855. The van der Waals surface area contributed by atoms with E-state index in [1.165, 1.54) is 11.1 Å². The van der Waals surface area contributed by atoms with Crippen LogP contribution in [-0.2, 0) is 0 Å². The minimum atomic E-state index is 0.553. The van der Waals surface area contributed by atoms with Gasteiger partial charge < -0.3 is 11.1 Å². The summed E-state index contributed by atoms with van der Waals surface area (Å²) in [5, 5.41) is 3.24. The molecule has 2 aromatic rings. The molecular weight excluding hydrogens is 244 g/mol. The zero-order valence-corrected chi connectivity index (χ0v) is 12.4. The topological polar surface area (TPSA) is 38.0 Å². The lowest BCUT2D eigenvalue weighted by atomic mass is 10.0. The second-order valence-corrected chi connectivity index (χ2v) is 5.39. The summed E-state index contributed by atoms with van der Waals surface area (Å²) in [6.07, 6.45) is 1.85. The summed E-state index contributed by atoms with van der Waals surface area (Å²) < 4.78 is 0. The zero-order valence-electron chi connectivity index (χ0n) is 12.4. The molecule has 0 saturated heterocycles. The van der Waals surface area contributed by atoms with Crippen molar-refractivity contribution in [1.29, 1.82) is 0 Å². The van der Waals surface area contributed by atoms with Crippen LogP contribution in [0.15, 0.2) is 54.7 Å². The van der Waals surface area contributed by atoms with E-state index in [4.69, 9.17) is 5.73 Å². The van der Waals surface area contributed by atoms with E-state index in [9.17, 15) is 0 Å². The van der Waals surface area contributed by atoms with Gasteiger partial charge in [0, 0.05) is 11.9 Å². The molecule has 0 aromatic heterocycles. The van der Waals surface area contributed by atoms with Gasteiger partial charge in [-0.1, -0.05) is 49.7 Å². The molecule has 0 spiro atoms. The average molecular weight is 266 g/mol. The van der Waals surface area contributed by atoms with Crippen molar-refractivity contribution >= 4 is 11.4 Å². The molecule has 0 amide bonds. The van der Waals surface area contributed by atoms with Crippen LogP contribution in [0.4, 0.5) is 5.69 Å². The summed E-state index contributed by atoms with van der Waals surface area (Å²) >= 11 is 0. The van der Waals surface area contributed by atoms with Crippen LogP contribution in [-0.4, -0.2) is 0 Å². The van der Waals surface area contributed by atoms with Crippen molar-refractivity contribution in [3.63, 3.8) is 0 Å². The minimum absolute atomic E-state index is 0.553. The van der Waals surface area contributed by atoms with Gasteiger partial charge in [-0.3, -0.25) is 0 Å². The second kappa shape index (κ2) is 6.29. The van der Waals surface area contributed by atoms with Crippen molar-refractivity contribution in [2.75, 3.05) is 5.32 Å². The molecule has 0 saturated carbocycles. The summed E-state index contributed by atoms with van der Waals surface area (Å²) in [5.41, 5.74) is 11.5. The SMILES string of the molecule is Cc1cccc(/C(N)=C/Nc2ccc(C(C)C)cc2)c1. The molecular formula is C18H22N2. The first-order valence-corrected chi connectivity index (χ1v) is 6.95. The molecule has 104 valence electrons. The number of hydrogen-bond acceptors (Lipinski definition) is 2. The Morgan fingerprint density at radius 3 is 2.40 bits per heavy atom. The van der Waals surface area contributed by atoms with E-state index in [1.54, 1.807) is 0 Å². The van der Waals surface area contributed by atoms with Crippen LogP contribution in [0.5, 0.6) is 0 Å². The van der Waals surface area contributed by atoms with Crippen LogP contribution in [0, 0.1) is 6.92 Å². The second-order valence-electron chi connectivity index (χ2n) is 5.39. The molecule has 20 heavy (non-hydrogen) atoms. The number of nitrogens with two attached hydrogens (primary N) is 1. The standard InChI is InChI=1S/C18H22N2/c1-13(2)15-7-9-17(10-8-15)20-12-18(19)16-6-4-5-14(3)11-16/h4-13,20H,19H2,1-3H3/b18-12-. The number of nitrogens with one attached hydrogen (secondary N) is 1. The lowest BCUT2D eigenvalue weighted by Gasteiger charge is -2.08. The highest BCUT2D eigenvalue weighted by atomic mass is 14.9. The molecule has 2 aromatic carbocycles. The fourth-order valence-corrected chi connectivity index (χ4v) is 2.03. The molecule has 0 aliphatic rings. The van der Waals surface area contributed by atoms with E-state index in [1.807, 2.05) is 18.3 Å². The Labute approximate surface area is 121 Å². The Hall–Kier alpha value is -2.22. The summed E-state index contributed by atoms with van der Waals surface area (Å²) in [6, 6.07) is 16.6. The number of hydrogen-bond donors (Lipinski definition) is 2. The molecule has 2 heteroatoms. The van der Waals surface area contributed by atoms with E-state index in [-0.39, 0.29) is 0 Å². The lowest BCUT2D eigenvalue weighted by molar-refractivity contribution is 0.867. The molecule has 0 radical (unpaired) electrons. The first-order valence-electron chi connectivity index (χ1n) is 6.95. The van der Waals surface area contributed by atoms with Gasteiger partial charge in [-0.2, -0.15) is 0 Å². The van der Waals surface area contributed by atoms with E-state index < -0.39 is 0 Å². The molecule has 0 aliphatic heterocycles. The van der Waals surface area contributed by atoms with Gasteiger partial charge in [-0.25, -0.2) is 0 Å². The van der Waals surface area contributed by atoms with Crippen molar-refractivity contribution in [1.82, 2.24) is 0 Å². The number of benzene rings is 2. The van der Waals surface area contributed by atoms with E-state index in [2.05, 4.69) is 62.5 Å². The number of aryl methyl sites for hydroxylation is 1. The Bertz CT molecular complexity index is 595. The van der Waals surface area contributed by atoms with Gasteiger partial charge in [0.2, 0.25) is 0 Å². The van der Waals surface area contributed by atoms with Crippen molar-refractivity contribution < 1.29 is 0 Å². The zero-order chi connectivity index (χ0) is 14.5. The number of anilines is 1. The van der Waals surface area contributed by atoms with Crippen LogP contribution in [0.25, 0.3) is 5.70 Å². The Morgan fingerprint density at radius 1 is 1.10 bits per heavy atom. The fraction of sp³-hybridized carbons (Fsp3) is 0.222. The first-order chi connectivity index (χ1) is 9.56. The van der Waals surface area contributed by atoms with Crippen LogP contribution in [0.1, 0.15) is 36.5 Å². The van der Waals surface area contributed by atoms with E-state index in [0.717, 1.165) is 16.9 Å². The molecule has 0 fully saturated rings. The smallest absolute Gasteiger partial charge is 0.0550 e. The fourth-order valence-electron chi connectivity index (χ4n) is 2.03. The summed E-state index contributed by atoms with van der Waals surface area (Å²) in [7, 11) is 0. The summed E-state index contributed by atoms with van der Waals surface area (Å²) in [6.45, 7) is 6.45. The maximum absolute atomic E-state index is 6.09. The van der Waals surface area contributed by atoms with Crippen molar-refractivity contribution in [2.24, 2.45) is 5.73 Å². The Balaban J connectivity index is 2.08. The predicted octanol–water partition coefficient (Wildman–Crippen LogP) is 4.49. The van der Waals surface area contributed by atoms with Gasteiger partial charge in [0.15, 0.2) is 0 Å². The van der Waals surface area contributed by atoms with Gasteiger partial charge in [-0.15, -0.1) is 0 Å². The third-order valence-corrected chi connectivity index (χ3v) is 3.32. The third kappa shape index (κ3) is 3.64. The molecule has 0 atom stereocenters. The van der Waals surface area contributed by atoms with E-state index in [0.29, 0.717) is 5.92 Å². The van der Waals surface area contributed by atoms with Crippen LogP contribution in [0.2, 0.25) is 0 Å². The summed E-state index contributed by atoms with van der Waals surface area (Å²) in [5.74, 6) is 0.553. The van der Waals surface area contributed by atoms with Gasteiger partial charge in [-0.05, 0) is 42.2 Å². The highest BCUT2D eigenvalue weighted by Crippen LogP contribution is 2.18. The highest BCUT2D eigenvalue weighted by Gasteiger charge is 1.99. The van der Waals surface area contributed by atoms with Gasteiger partial charge in [0.1, 0.15) is 0 Å². The van der Waals surface area contributed by atoms with Gasteiger partial charge >= 0.3 is 0 Å². The molecule has 3 N–H and O–H groups in total.